The van der Waals surface area contributed by atoms with Crippen molar-refractivity contribution in [3.05, 3.63) is 29.6 Å². The van der Waals surface area contributed by atoms with E-state index in [0.29, 0.717) is 55.1 Å². The van der Waals surface area contributed by atoms with Crippen molar-refractivity contribution in [2.75, 3.05) is 26.2 Å². The minimum Gasteiger partial charge on any atom is -0.339 e. The van der Waals surface area contributed by atoms with Gasteiger partial charge in [0.15, 0.2) is 5.82 Å². The summed E-state index contributed by atoms with van der Waals surface area (Å²) in [4.78, 5) is 35.4. The van der Waals surface area contributed by atoms with Gasteiger partial charge >= 0.3 is 0 Å². The summed E-state index contributed by atoms with van der Waals surface area (Å²) in [5, 5.41) is 0. The molecule has 0 radical (unpaired) electrons. The number of benzene rings is 1. The first-order valence-electron chi connectivity index (χ1n) is 10.9. The SMILES string of the molecule is O=C(CCC1CCCCC1)N1CCN(C(=O)c2ccc3nc(C(F)F)[nH]c3c2)CC1. The van der Waals surface area contributed by atoms with Gasteiger partial charge < -0.3 is 14.8 Å². The molecular formula is C22H28F2N4O2. The van der Waals surface area contributed by atoms with E-state index in [1.54, 1.807) is 23.1 Å². The van der Waals surface area contributed by atoms with Crippen LogP contribution in [0.15, 0.2) is 18.2 Å². The van der Waals surface area contributed by atoms with Gasteiger partial charge in [-0.25, -0.2) is 13.8 Å². The quantitative estimate of drug-likeness (QED) is 0.793. The van der Waals surface area contributed by atoms with Crippen LogP contribution in [0, 0.1) is 5.92 Å². The fourth-order valence-corrected chi connectivity index (χ4v) is 4.57. The van der Waals surface area contributed by atoms with E-state index in [2.05, 4.69) is 9.97 Å². The Labute approximate surface area is 174 Å². The van der Waals surface area contributed by atoms with Crippen molar-refractivity contribution in [2.24, 2.45) is 5.92 Å². The number of hydrogen-bond acceptors (Lipinski definition) is 3. The number of rotatable bonds is 5. The van der Waals surface area contributed by atoms with E-state index < -0.39 is 12.2 Å². The summed E-state index contributed by atoms with van der Waals surface area (Å²) in [5.41, 5.74) is 1.27. The third-order valence-corrected chi connectivity index (χ3v) is 6.36. The minimum atomic E-state index is -2.68. The Morgan fingerprint density at radius 3 is 2.47 bits per heavy atom. The van der Waals surface area contributed by atoms with Crippen LogP contribution < -0.4 is 0 Å². The van der Waals surface area contributed by atoms with Crippen molar-refractivity contribution in [3.63, 3.8) is 0 Å². The van der Waals surface area contributed by atoms with Crippen LogP contribution >= 0.6 is 0 Å². The van der Waals surface area contributed by atoms with Crippen molar-refractivity contribution in [3.8, 4) is 0 Å². The molecule has 30 heavy (non-hydrogen) atoms. The fourth-order valence-electron chi connectivity index (χ4n) is 4.57. The number of piperazine rings is 1. The fraction of sp³-hybridized carbons (Fsp3) is 0.591. The molecule has 1 aromatic carbocycles. The zero-order valence-electron chi connectivity index (χ0n) is 17.1. The number of nitrogens with zero attached hydrogens (tertiary/aromatic N) is 3. The Hall–Kier alpha value is -2.51. The molecule has 0 atom stereocenters. The summed E-state index contributed by atoms with van der Waals surface area (Å²) in [6.45, 7) is 2.04. The molecule has 2 amide bonds. The highest BCUT2D eigenvalue weighted by Gasteiger charge is 2.26. The molecule has 1 saturated carbocycles. The highest BCUT2D eigenvalue weighted by atomic mass is 19.3. The Balaban J connectivity index is 1.30. The third-order valence-electron chi connectivity index (χ3n) is 6.36. The molecule has 6 nitrogen and oxygen atoms in total. The average molecular weight is 418 g/mol. The summed E-state index contributed by atoms with van der Waals surface area (Å²) < 4.78 is 25.6. The van der Waals surface area contributed by atoms with Gasteiger partial charge in [0.1, 0.15) is 0 Å². The second-order valence-corrected chi connectivity index (χ2v) is 8.37. The van der Waals surface area contributed by atoms with E-state index in [4.69, 9.17) is 0 Å². The van der Waals surface area contributed by atoms with Crippen LogP contribution in [0.2, 0.25) is 0 Å². The summed E-state index contributed by atoms with van der Waals surface area (Å²) in [7, 11) is 0. The second-order valence-electron chi connectivity index (χ2n) is 8.37. The number of carbonyl (C=O) groups excluding carboxylic acids is 2. The van der Waals surface area contributed by atoms with Gasteiger partial charge in [-0.3, -0.25) is 9.59 Å². The van der Waals surface area contributed by atoms with Crippen LogP contribution in [-0.2, 0) is 4.79 Å². The van der Waals surface area contributed by atoms with E-state index in [9.17, 15) is 18.4 Å². The lowest BCUT2D eigenvalue weighted by Gasteiger charge is -2.35. The molecule has 2 heterocycles. The largest absolute Gasteiger partial charge is 0.339 e. The van der Waals surface area contributed by atoms with Gasteiger partial charge in [0.2, 0.25) is 5.91 Å². The van der Waals surface area contributed by atoms with E-state index >= 15 is 0 Å². The highest BCUT2D eigenvalue weighted by Crippen LogP contribution is 2.27. The smallest absolute Gasteiger partial charge is 0.295 e. The van der Waals surface area contributed by atoms with Gasteiger partial charge in [-0.2, -0.15) is 0 Å². The molecule has 2 aliphatic rings. The molecular weight excluding hydrogens is 390 g/mol. The number of hydrogen-bond donors (Lipinski definition) is 1. The summed E-state index contributed by atoms with van der Waals surface area (Å²) in [5.74, 6) is 0.328. The molecule has 0 unspecified atom stereocenters. The number of amides is 2. The van der Waals surface area contributed by atoms with E-state index in [1.165, 1.54) is 32.1 Å². The van der Waals surface area contributed by atoms with E-state index in [0.717, 1.165) is 6.42 Å². The van der Waals surface area contributed by atoms with Crippen LogP contribution in [-0.4, -0.2) is 57.8 Å². The predicted molar refractivity (Wildman–Crippen MR) is 109 cm³/mol. The predicted octanol–water partition coefficient (Wildman–Crippen LogP) is 4.15. The van der Waals surface area contributed by atoms with Crippen LogP contribution in [0.3, 0.4) is 0 Å². The van der Waals surface area contributed by atoms with Gasteiger partial charge in [0, 0.05) is 38.2 Å². The van der Waals surface area contributed by atoms with Crippen molar-refractivity contribution < 1.29 is 18.4 Å². The molecule has 1 aromatic heterocycles. The van der Waals surface area contributed by atoms with Gasteiger partial charge in [-0.15, -0.1) is 0 Å². The first-order valence-corrected chi connectivity index (χ1v) is 10.9. The number of carbonyl (C=O) groups is 2. The molecule has 8 heteroatoms. The molecule has 0 spiro atoms. The molecule has 1 aliphatic heterocycles. The normalized spacial score (nSPS) is 18.4. The lowest BCUT2D eigenvalue weighted by Crippen LogP contribution is -2.50. The Morgan fingerprint density at radius 2 is 1.77 bits per heavy atom. The Morgan fingerprint density at radius 1 is 1.07 bits per heavy atom. The molecule has 1 saturated heterocycles. The molecule has 1 aliphatic carbocycles. The molecule has 1 N–H and O–H groups in total. The molecule has 0 bridgehead atoms. The Bertz CT molecular complexity index is 900. The maximum atomic E-state index is 12.8. The zero-order chi connectivity index (χ0) is 21.1. The van der Waals surface area contributed by atoms with Gasteiger partial charge in [-0.1, -0.05) is 32.1 Å². The lowest BCUT2D eigenvalue weighted by atomic mass is 9.86. The van der Waals surface area contributed by atoms with Crippen molar-refractivity contribution in [2.45, 2.75) is 51.4 Å². The van der Waals surface area contributed by atoms with Crippen molar-refractivity contribution in [1.29, 1.82) is 0 Å². The van der Waals surface area contributed by atoms with E-state index in [-0.39, 0.29) is 11.8 Å². The topological polar surface area (TPSA) is 69.3 Å². The number of aromatic nitrogens is 2. The summed E-state index contributed by atoms with van der Waals surface area (Å²) in [6, 6.07) is 4.76. The first-order chi connectivity index (χ1) is 14.5. The first kappa shape index (κ1) is 20.8. The number of imidazole rings is 1. The lowest BCUT2D eigenvalue weighted by molar-refractivity contribution is -0.133. The Kier molecular flexibility index (Phi) is 6.29. The van der Waals surface area contributed by atoms with Gasteiger partial charge in [0.05, 0.1) is 11.0 Å². The summed E-state index contributed by atoms with van der Waals surface area (Å²) in [6.07, 6.45) is 5.27. The summed E-state index contributed by atoms with van der Waals surface area (Å²) >= 11 is 0. The monoisotopic (exact) mass is 418 g/mol. The van der Waals surface area contributed by atoms with Crippen molar-refractivity contribution >= 4 is 22.8 Å². The number of fused-ring (bicyclic) bond motifs is 1. The van der Waals surface area contributed by atoms with E-state index in [1.807, 2.05) is 4.90 Å². The molecule has 2 aromatic rings. The number of nitrogens with one attached hydrogen (secondary N) is 1. The number of H-pyrrole nitrogens is 1. The van der Waals surface area contributed by atoms with Gasteiger partial charge in [0.25, 0.3) is 12.3 Å². The molecule has 162 valence electrons. The van der Waals surface area contributed by atoms with Crippen molar-refractivity contribution in [1.82, 2.24) is 19.8 Å². The third kappa shape index (κ3) is 4.63. The maximum absolute atomic E-state index is 12.8. The number of aromatic amines is 1. The van der Waals surface area contributed by atoms with Crippen LogP contribution in [0.25, 0.3) is 11.0 Å². The second kappa shape index (κ2) is 9.10. The molecule has 4 rings (SSSR count). The maximum Gasteiger partial charge on any atom is 0.295 e. The standard InChI is InChI=1S/C22H28F2N4O2/c23-20(24)21-25-17-8-7-16(14-18(17)26-21)22(30)28-12-10-27(11-13-28)19(29)9-6-15-4-2-1-3-5-15/h7-8,14-15,20H,1-6,9-13H2,(H,25,26). The minimum absolute atomic E-state index is 0.153. The van der Waals surface area contributed by atoms with Gasteiger partial charge in [-0.05, 0) is 30.5 Å². The van der Waals surface area contributed by atoms with Crippen LogP contribution in [0.5, 0.6) is 0 Å². The number of halogens is 2. The average Bonchev–Trinajstić information content (AvgIpc) is 3.22. The number of alkyl halides is 2. The zero-order valence-corrected chi connectivity index (χ0v) is 17.1. The molecule has 2 fully saturated rings. The van der Waals surface area contributed by atoms with Crippen LogP contribution in [0.1, 0.15) is 67.6 Å². The highest BCUT2D eigenvalue weighted by molar-refractivity contribution is 5.97. The van der Waals surface area contributed by atoms with Crippen LogP contribution in [0.4, 0.5) is 8.78 Å².